The van der Waals surface area contributed by atoms with Gasteiger partial charge in [-0.1, -0.05) is 12.1 Å². The van der Waals surface area contributed by atoms with Crippen LogP contribution in [-0.2, 0) is 0 Å². The van der Waals surface area contributed by atoms with Gasteiger partial charge in [0.1, 0.15) is 28.6 Å². The molecule has 0 aliphatic rings. The molecule has 0 aromatic heterocycles. The summed E-state index contributed by atoms with van der Waals surface area (Å²) in [5, 5.41) is 9.91. The van der Waals surface area contributed by atoms with Crippen molar-refractivity contribution in [3.05, 3.63) is 53.6 Å². The van der Waals surface area contributed by atoms with E-state index in [9.17, 15) is 9.90 Å². The number of hydrogen-bond donors (Lipinski definition) is 1. The number of allylic oxidation sites excluding steroid dienone is 1. The predicted molar refractivity (Wildman–Crippen MR) is 87.6 cm³/mol. The monoisotopic (exact) mass is 314 g/mol. The maximum atomic E-state index is 12.4. The molecule has 0 aliphatic heterocycles. The van der Waals surface area contributed by atoms with Gasteiger partial charge in [0.05, 0.1) is 26.9 Å². The van der Waals surface area contributed by atoms with Crippen LogP contribution in [0, 0.1) is 0 Å². The molecule has 0 aliphatic carbocycles. The Hall–Kier alpha value is -2.95. The fraction of sp³-hybridized carbons (Fsp3) is 0.167. The summed E-state index contributed by atoms with van der Waals surface area (Å²) >= 11 is 0. The van der Waals surface area contributed by atoms with Gasteiger partial charge >= 0.3 is 0 Å². The number of methoxy groups -OCH3 is 3. The first-order valence-electron chi connectivity index (χ1n) is 6.91. The van der Waals surface area contributed by atoms with Crippen LogP contribution in [0.3, 0.4) is 0 Å². The third-order valence-corrected chi connectivity index (χ3v) is 3.34. The van der Waals surface area contributed by atoms with Crippen molar-refractivity contribution in [2.45, 2.75) is 0 Å². The molecule has 0 amide bonds. The Kier molecular flexibility index (Phi) is 5.25. The lowest BCUT2D eigenvalue weighted by molar-refractivity contribution is 0.104. The molecule has 120 valence electrons. The van der Waals surface area contributed by atoms with E-state index in [4.69, 9.17) is 14.2 Å². The molecule has 0 saturated heterocycles. The molecule has 5 heteroatoms. The van der Waals surface area contributed by atoms with Crippen molar-refractivity contribution in [1.82, 2.24) is 0 Å². The average molecular weight is 314 g/mol. The van der Waals surface area contributed by atoms with Crippen LogP contribution in [0.15, 0.2) is 42.5 Å². The Morgan fingerprint density at radius 2 is 1.43 bits per heavy atom. The second kappa shape index (κ2) is 7.35. The minimum Gasteiger partial charge on any atom is -0.507 e. The van der Waals surface area contributed by atoms with Gasteiger partial charge in [-0.25, -0.2) is 0 Å². The van der Waals surface area contributed by atoms with E-state index in [1.54, 1.807) is 50.6 Å². The lowest BCUT2D eigenvalue weighted by atomic mass is 10.1. The van der Waals surface area contributed by atoms with Crippen molar-refractivity contribution in [3.8, 4) is 23.0 Å². The Bertz CT molecular complexity index is 712. The van der Waals surface area contributed by atoms with Gasteiger partial charge in [0.25, 0.3) is 0 Å². The van der Waals surface area contributed by atoms with Crippen LogP contribution in [0.25, 0.3) is 6.08 Å². The molecule has 2 aromatic rings. The van der Waals surface area contributed by atoms with Gasteiger partial charge in [0.2, 0.25) is 0 Å². The number of rotatable bonds is 6. The van der Waals surface area contributed by atoms with Crippen molar-refractivity contribution >= 4 is 11.9 Å². The van der Waals surface area contributed by atoms with Crippen molar-refractivity contribution in [2.24, 2.45) is 0 Å². The highest BCUT2D eigenvalue weighted by Crippen LogP contribution is 2.31. The highest BCUT2D eigenvalue weighted by Gasteiger charge is 2.15. The molecule has 23 heavy (non-hydrogen) atoms. The zero-order valence-corrected chi connectivity index (χ0v) is 13.2. The van der Waals surface area contributed by atoms with Gasteiger partial charge in [-0.05, 0) is 36.4 Å². The maximum Gasteiger partial charge on any atom is 0.193 e. The summed E-state index contributed by atoms with van der Waals surface area (Å²) in [6.45, 7) is 0. The first-order chi connectivity index (χ1) is 11.1. The van der Waals surface area contributed by atoms with E-state index in [2.05, 4.69) is 0 Å². The molecule has 0 saturated carbocycles. The molecule has 0 fully saturated rings. The minimum atomic E-state index is -0.382. The molecule has 1 N–H and O–H groups in total. The second-order valence-electron chi connectivity index (χ2n) is 4.63. The normalized spacial score (nSPS) is 10.6. The van der Waals surface area contributed by atoms with Gasteiger partial charge in [-0.15, -0.1) is 0 Å². The second-order valence-corrected chi connectivity index (χ2v) is 4.63. The number of phenolic OH excluding ortho intramolecular Hbond substituents is 1. The van der Waals surface area contributed by atoms with Gasteiger partial charge in [-0.2, -0.15) is 0 Å². The molecule has 2 rings (SSSR count). The van der Waals surface area contributed by atoms with E-state index < -0.39 is 0 Å². The van der Waals surface area contributed by atoms with Gasteiger partial charge < -0.3 is 19.3 Å². The largest absolute Gasteiger partial charge is 0.507 e. The third kappa shape index (κ3) is 3.45. The quantitative estimate of drug-likeness (QED) is 0.654. The SMILES string of the molecule is COc1cccc(OC)c1/C=C/C(=O)c1c(O)cccc1OC. The average Bonchev–Trinajstić information content (AvgIpc) is 2.58. The van der Waals surface area contributed by atoms with Crippen LogP contribution in [0.1, 0.15) is 15.9 Å². The van der Waals surface area contributed by atoms with Gasteiger partial charge in [0.15, 0.2) is 5.78 Å². The van der Waals surface area contributed by atoms with Gasteiger partial charge in [-0.3, -0.25) is 4.79 Å². The lowest BCUT2D eigenvalue weighted by Gasteiger charge is -2.10. The molecular weight excluding hydrogens is 296 g/mol. The molecule has 2 aromatic carbocycles. The summed E-state index contributed by atoms with van der Waals surface area (Å²) in [5.74, 6) is 0.959. The first kappa shape index (κ1) is 16.4. The zero-order chi connectivity index (χ0) is 16.8. The van der Waals surface area contributed by atoms with E-state index in [1.807, 2.05) is 0 Å². The topological polar surface area (TPSA) is 65.0 Å². The van der Waals surface area contributed by atoms with E-state index in [0.29, 0.717) is 22.8 Å². The number of hydrogen-bond acceptors (Lipinski definition) is 5. The lowest BCUT2D eigenvalue weighted by Crippen LogP contribution is -2.00. The van der Waals surface area contributed by atoms with E-state index >= 15 is 0 Å². The molecule has 0 unspecified atom stereocenters. The molecular formula is C18H18O5. The Labute approximate surface area is 134 Å². The fourth-order valence-corrected chi connectivity index (χ4v) is 2.22. The number of phenols is 1. The fourth-order valence-electron chi connectivity index (χ4n) is 2.22. The van der Waals surface area contributed by atoms with E-state index in [0.717, 1.165) is 0 Å². The van der Waals surface area contributed by atoms with Crippen molar-refractivity contribution in [3.63, 3.8) is 0 Å². The summed E-state index contributed by atoms with van der Waals surface area (Å²) in [6, 6.07) is 10.00. The van der Waals surface area contributed by atoms with Crippen LogP contribution in [-0.4, -0.2) is 32.2 Å². The molecule has 0 bridgehead atoms. The third-order valence-electron chi connectivity index (χ3n) is 3.34. The number of carbonyl (C=O) groups is 1. The molecule has 0 heterocycles. The van der Waals surface area contributed by atoms with E-state index in [-0.39, 0.29) is 17.1 Å². The predicted octanol–water partition coefficient (Wildman–Crippen LogP) is 3.31. The Morgan fingerprint density at radius 1 is 0.913 bits per heavy atom. The molecule has 0 spiro atoms. The Morgan fingerprint density at radius 3 is 2.00 bits per heavy atom. The number of ether oxygens (including phenoxy) is 3. The molecule has 0 radical (unpaired) electrons. The highest BCUT2D eigenvalue weighted by atomic mass is 16.5. The number of benzene rings is 2. The molecule has 5 nitrogen and oxygen atoms in total. The van der Waals surface area contributed by atoms with Gasteiger partial charge in [0, 0.05) is 0 Å². The number of carbonyl (C=O) groups excluding carboxylic acids is 1. The zero-order valence-electron chi connectivity index (χ0n) is 13.2. The van der Waals surface area contributed by atoms with Crippen molar-refractivity contribution in [2.75, 3.05) is 21.3 Å². The summed E-state index contributed by atoms with van der Waals surface area (Å²) in [4.78, 5) is 12.4. The van der Waals surface area contributed by atoms with E-state index in [1.165, 1.54) is 19.3 Å². The summed E-state index contributed by atoms with van der Waals surface area (Å²) in [7, 11) is 4.53. The minimum absolute atomic E-state index is 0.111. The number of aromatic hydroxyl groups is 1. The molecule has 0 atom stereocenters. The smallest absolute Gasteiger partial charge is 0.193 e. The number of ketones is 1. The summed E-state index contributed by atoms with van der Waals surface area (Å²) < 4.78 is 15.7. The van der Waals surface area contributed by atoms with Crippen LogP contribution in [0.2, 0.25) is 0 Å². The van der Waals surface area contributed by atoms with Crippen molar-refractivity contribution in [1.29, 1.82) is 0 Å². The summed E-state index contributed by atoms with van der Waals surface area (Å²) in [5.41, 5.74) is 0.750. The standard InChI is InChI=1S/C18H18O5/c1-21-15-7-5-8-16(22-2)12(15)10-11-14(20)18-13(19)6-4-9-17(18)23-3/h4-11,19H,1-3H3/b11-10+. The van der Waals surface area contributed by atoms with Crippen LogP contribution < -0.4 is 14.2 Å². The maximum absolute atomic E-state index is 12.4. The van der Waals surface area contributed by atoms with Crippen LogP contribution in [0.5, 0.6) is 23.0 Å². The first-order valence-corrected chi connectivity index (χ1v) is 6.91. The summed E-state index contributed by atoms with van der Waals surface area (Å²) in [6.07, 6.45) is 2.93. The van der Waals surface area contributed by atoms with Crippen LogP contribution >= 0.6 is 0 Å². The van der Waals surface area contributed by atoms with Crippen LogP contribution in [0.4, 0.5) is 0 Å². The van der Waals surface area contributed by atoms with Crippen molar-refractivity contribution < 1.29 is 24.1 Å². The highest BCUT2D eigenvalue weighted by molar-refractivity contribution is 6.10. The Balaban J connectivity index is 2.40.